The van der Waals surface area contributed by atoms with E-state index in [2.05, 4.69) is 15.0 Å². The summed E-state index contributed by atoms with van der Waals surface area (Å²) in [4.78, 5) is 20.1. The van der Waals surface area contributed by atoms with Crippen molar-refractivity contribution >= 4 is 11.2 Å². The maximum atomic E-state index is 12.5. The van der Waals surface area contributed by atoms with Crippen molar-refractivity contribution in [2.24, 2.45) is 7.05 Å². The Kier molecular flexibility index (Phi) is 1.24. The largest absolute Gasteiger partial charge is 0.349 e. The summed E-state index contributed by atoms with van der Waals surface area (Å²) in [7, 11) is 1.54. The second-order valence-corrected chi connectivity index (χ2v) is 2.40. The van der Waals surface area contributed by atoms with Crippen molar-refractivity contribution in [2.45, 2.75) is 0 Å². The van der Waals surface area contributed by atoms with E-state index in [0.29, 0.717) is 5.52 Å². The lowest BCUT2D eigenvalue weighted by Gasteiger charge is -1.92. The third-order valence-corrected chi connectivity index (χ3v) is 1.51. The van der Waals surface area contributed by atoms with Crippen molar-refractivity contribution < 1.29 is 4.39 Å². The fourth-order valence-corrected chi connectivity index (χ4v) is 0.942. The van der Waals surface area contributed by atoms with Gasteiger partial charge in [0, 0.05) is 13.2 Å². The number of fused-ring (bicyclic) bond motifs is 1. The van der Waals surface area contributed by atoms with E-state index in [-0.39, 0.29) is 5.65 Å². The molecule has 0 radical (unpaired) electrons. The predicted molar refractivity (Wildman–Crippen MR) is 39.1 cm³/mol. The van der Waals surface area contributed by atoms with Crippen LogP contribution in [0.4, 0.5) is 4.39 Å². The molecule has 0 bridgehead atoms. The third kappa shape index (κ3) is 0.884. The van der Waals surface area contributed by atoms with Gasteiger partial charge in [0.15, 0.2) is 5.65 Å². The first-order valence-corrected chi connectivity index (χ1v) is 3.26. The van der Waals surface area contributed by atoms with Gasteiger partial charge in [0.1, 0.15) is 5.52 Å². The normalized spacial score (nSPS) is 10.8. The molecule has 2 aromatic heterocycles. The lowest BCUT2D eigenvalue weighted by atomic mass is 10.5. The highest BCUT2D eigenvalue weighted by Gasteiger charge is 2.03. The molecule has 1 N–H and O–H groups in total. The number of aromatic nitrogens is 4. The fraction of sp³-hybridized carbons (Fsp3) is 0.167. The molecule has 12 heavy (non-hydrogen) atoms. The summed E-state index contributed by atoms with van der Waals surface area (Å²) in [5, 5.41) is 0. The van der Waals surface area contributed by atoms with E-state index in [1.807, 2.05) is 0 Å². The monoisotopic (exact) mass is 168 g/mol. The van der Waals surface area contributed by atoms with Gasteiger partial charge in [-0.3, -0.25) is 0 Å². The lowest BCUT2D eigenvalue weighted by Crippen LogP contribution is -2.18. The average Bonchev–Trinajstić information content (AvgIpc) is 2.30. The molecule has 0 aliphatic heterocycles. The average molecular weight is 168 g/mol. The minimum Gasteiger partial charge on any atom is -0.311 e. The summed E-state index contributed by atoms with van der Waals surface area (Å²) in [5.41, 5.74) is 0.0687. The topological polar surface area (TPSA) is 63.6 Å². The maximum absolute atomic E-state index is 12.5. The molecule has 0 aliphatic rings. The Labute approximate surface area is 65.9 Å². The molecule has 0 aliphatic carbocycles. The molecule has 62 valence electrons. The Morgan fingerprint density at radius 2 is 2.33 bits per heavy atom. The Bertz CT molecular complexity index is 486. The second-order valence-electron chi connectivity index (χ2n) is 2.40. The summed E-state index contributed by atoms with van der Waals surface area (Å²) in [6, 6.07) is 0. The van der Waals surface area contributed by atoms with Gasteiger partial charge in [0.25, 0.3) is 6.08 Å². The number of aromatic amines is 1. The van der Waals surface area contributed by atoms with Gasteiger partial charge < -0.3 is 9.55 Å². The smallest absolute Gasteiger partial charge is 0.311 e. The van der Waals surface area contributed by atoms with Crippen molar-refractivity contribution in [1.29, 1.82) is 0 Å². The first kappa shape index (κ1) is 6.96. The number of hydrogen-bond donors (Lipinski definition) is 1. The Balaban J connectivity index is 2.92. The van der Waals surface area contributed by atoms with Crippen LogP contribution in [0.15, 0.2) is 11.0 Å². The minimum absolute atomic E-state index is 0.107. The summed E-state index contributed by atoms with van der Waals surface area (Å²) in [6.07, 6.45) is 0.712. The summed E-state index contributed by atoms with van der Waals surface area (Å²) in [5.74, 6) is 0. The van der Waals surface area contributed by atoms with Crippen molar-refractivity contribution in [3.63, 3.8) is 0 Å². The van der Waals surface area contributed by atoms with Crippen LogP contribution in [-0.4, -0.2) is 19.5 Å². The van der Waals surface area contributed by atoms with Crippen LogP contribution >= 0.6 is 0 Å². The number of halogens is 1. The number of nitrogens with one attached hydrogen (secondary N) is 1. The van der Waals surface area contributed by atoms with Crippen LogP contribution in [0.5, 0.6) is 0 Å². The molecule has 2 heterocycles. The van der Waals surface area contributed by atoms with Crippen LogP contribution in [0.2, 0.25) is 0 Å². The van der Waals surface area contributed by atoms with E-state index in [1.165, 1.54) is 17.8 Å². The molecule has 0 unspecified atom stereocenters. The number of aryl methyl sites for hydroxylation is 1. The van der Waals surface area contributed by atoms with Crippen molar-refractivity contribution in [3.8, 4) is 0 Å². The molecule has 5 nitrogen and oxygen atoms in total. The number of nitrogens with zero attached hydrogens (tertiary/aromatic N) is 3. The van der Waals surface area contributed by atoms with Crippen LogP contribution in [0.1, 0.15) is 0 Å². The van der Waals surface area contributed by atoms with Crippen LogP contribution < -0.4 is 5.69 Å². The van der Waals surface area contributed by atoms with Gasteiger partial charge in [0.05, 0.1) is 0 Å². The van der Waals surface area contributed by atoms with Crippen LogP contribution in [-0.2, 0) is 7.05 Å². The molecule has 6 heteroatoms. The van der Waals surface area contributed by atoms with Gasteiger partial charge in [-0.15, -0.1) is 0 Å². The van der Waals surface area contributed by atoms with Crippen molar-refractivity contribution in [2.75, 3.05) is 0 Å². The molecular formula is C6H5FN4O. The van der Waals surface area contributed by atoms with Gasteiger partial charge in [-0.25, -0.2) is 4.79 Å². The molecule has 2 aromatic rings. The number of rotatable bonds is 0. The molecule has 0 saturated heterocycles. The van der Waals surface area contributed by atoms with Gasteiger partial charge >= 0.3 is 5.69 Å². The number of imidazole rings is 1. The summed E-state index contributed by atoms with van der Waals surface area (Å²) in [6.45, 7) is 0. The summed E-state index contributed by atoms with van der Waals surface area (Å²) >= 11 is 0. The van der Waals surface area contributed by atoms with E-state index >= 15 is 0 Å². The van der Waals surface area contributed by atoms with Crippen molar-refractivity contribution in [3.05, 3.63) is 22.8 Å². The van der Waals surface area contributed by atoms with Crippen molar-refractivity contribution in [1.82, 2.24) is 19.5 Å². The highest BCUT2D eigenvalue weighted by molar-refractivity contribution is 5.67. The van der Waals surface area contributed by atoms with Gasteiger partial charge in [-0.05, 0) is 0 Å². The van der Waals surface area contributed by atoms with Gasteiger partial charge in [-0.1, -0.05) is 0 Å². The van der Waals surface area contributed by atoms with E-state index in [4.69, 9.17) is 0 Å². The van der Waals surface area contributed by atoms with Gasteiger partial charge in [-0.2, -0.15) is 14.4 Å². The van der Waals surface area contributed by atoms with Crippen LogP contribution in [0, 0.1) is 6.08 Å². The first-order chi connectivity index (χ1) is 5.66. The maximum Gasteiger partial charge on any atom is 0.349 e. The van der Waals surface area contributed by atoms with E-state index in [0.717, 1.165) is 0 Å². The Morgan fingerprint density at radius 1 is 1.58 bits per heavy atom. The standard InChI is InChI=1S/C6H5FN4O/c1-11-2-3-4(10-6(11)12)9-5(7)8-3/h2H,1H3,(H,8,9,10,12). The van der Waals surface area contributed by atoms with E-state index < -0.39 is 11.8 Å². The van der Waals surface area contributed by atoms with Crippen LogP contribution in [0.25, 0.3) is 11.2 Å². The molecule has 0 amide bonds. The molecule has 0 spiro atoms. The molecule has 2 rings (SSSR count). The van der Waals surface area contributed by atoms with Crippen LogP contribution in [0.3, 0.4) is 0 Å². The van der Waals surface area contributed by atoms with E-state index in [1.54, 1.807) is 0 Å². The zero-order valence-corrected chi connectivity index (χ0v) is 6.21. The SMILES string of the molecule is Cn1cc2[nH]c(F)nc2nc1=O. The highest BCUT2D eigenvalue weighted by atomic mass is 19.1. The molecule has 0 fully saturated rings. The third-order valence-electron chi connectivity index (χ3n) is 1.51. The molecular weight excluding hydrogens is 163 g/mol. The van der Waals surface area contributed by atoms with Gasteiger partial charge in [0.2, 0.25) is 0 Å². The minimum atomic E-state index is -0.733. The zero-order chi connectivity index (χ0) is 8.72. The van der Waals surface area contributed by atoms with E-state index in [9.17, 15) is 9.18 Å². The quantitative estimate of drug-likeness (QED) is 0.554. The Morgan fingerprint density at radius 3 is 3.08 bits per heavy atom. The second kappa shape index (κ2) is 2.13. The zero-order valence-electron chi connectivity index (χ0n) is 6.21. The predicted octanol–water partition coefficient (Wildman–Crippen LogP) is -0.204. The summed E-state index contributed by atoms with van der Waals surface area (Å²) < 4.78 is 13.7. The number of H-pyrrole nitrogens is 1. The number of hydrogen-bond acceptors (Lipinski definition) is 3. The molecule has 0 saturated carbocycles. The lowest BCUT2D eigenvalue weighted by molar-refractivity contribution is 0.556. The Hall–Kier alpha value is -1.72. The first-order valence-electron chi connectivity index (χ1n) is 3.26. The molecule has 0 atom stereocenters. The fourth-order valence-electron chi connectivity index (χ4n) is 0.942. The molecule has 0 aromatic carbocycles. The highest BCUT2D eigenvalue weighted by Crippen LogP contribution is 2.03.